The molecule has 0 spiro atoms. The lowest BCUT2D eigenvalue weighted by Gasteiger charge is -2.54. The number of piperazine rings is 1. The molecule has 16 heavy (non-hydrogen) atoms. The van der Waals surface area contributed by atoms with Crippen LogP contribution in [0.3, 0.4) is 0 Å². The second-order valence-electron chi connectivity index (χ2n) is 5.43. The molecule has 1 heterocycles. The molecular formula is C13H26N2O. The number of rotatable bonds is 1. The quantitative estimate of drug-likeness (QED) is 0.683. The zero-order valence-corrected chi connectivity index (χ0v) is 11.7. The van der Waals surface area contributed by atoms with Crippen LogP contribution in [0, 0.1) is 0 Å². The van der Waals surface area contributed by atoms with E-state index in [9.17, 15) is 4.79 Å². The van der Waals surface area contributed by atoms with E-state index in [4.69, 9.17) is 0 Å². The third-order valence-corrected chi connectivity index (χ3v) is 4.17. The summed E-state index contributed by atoms with van der Waals surface area (Å²) in [4.78, 5) is 16.3. The molecule has 4 atom stereocenters. The first kappa shape index (κ1) is 13.5. The van der Waals surface area contributed by atoms with Gasteiger partial charge in [0.2, 0.25) is 5.91 Å². The van der Waals surface area contributed by atoms with E-state index in [1.807, 2.05) is 4.90 Å². The Morgan fingerprint density at radius 2 is 1.31 bits per heavy atom. The van der Waals surface area contributed by atoms with Gasteiger partial charge in [-0.3, -0.25) is 9.69 Å². The Bertz CT molecular complexity index is 249. The van der Waals surface area contributed by atoms with Gasteiger partial charge in [-0.25, -0.2) is 0 Å². The molecule has 0 aliphatic carbocycles. The minimum absolute atomic E-state index is 0.196. The SMILES string of the molecule is CC(=O)N1C(C)C(C)N(C(C)C)C(C)C1C. The fourth-order valence-corrected chi connectivity index (χ4v) is 3.22. The van der Waals surface area contributed by atoms with Crippen molar-refractivity contribution in [2.24, 2.45) is 0 Å². The summed E-state index contributed by atoms with van der Waals surface area (Å²) in [7, 11) is 0. The molecule has 94 valence electrons. The number of hydrogen-bond donors (Lipinski definition) is 0. The minimum Gasteiger partial charge on any atom is -0.334 e. The molecule has 0 aromatic heterocycles. The van der Waals surface area contributed by atoms with Gasteiger partial charge in [0.25, 0.3) is 0 Å². The standard InChI is InChI=1S/C13H26N2O/c1-8(2)14-9(3)11(5)15(13(7)16)12(6)10(14)4/h8-12H,1-7H3. The third kappa shape index (κ3) is 2.10. The summed E-state index contributed by atoms with van der Waals surface area (Å²) in [6, 6.07) is 1.98. The van der Waals surface area contributed by atoms with Crippen molar-refractivity contribution < 1.29 is 4.79 Å². The molecule has 1 aliphatic heterocycles. The first-order chi connectivity index (χ1) is 7.29. The molecule has 3 nitrogen and oxygen atoms in total. The van der Waals surface area contributed by atoms with Gasteiger partial charge in [0.05, 0.1) is 0 Å². The van der Waals surface area contributed by atoms with Crippen LogP contribution in [0.2, 0.25) is 0 Å². The molecule has 1 amide bonds. The van der Waals surface area contributed by atoms with Crippen LogP contribution < -0.4 is 0 Å². The van der Waals surface area contributed by atoms with Crippen LogP contribution in [-0.4, -0.2) is 45.9 Å². The first-order valence-electron chi connectivity index (χ1n) is 6.35. The average Bonchev–Trinajstić information content (AvgIpc) is 2.14. The van der Waals surface area contributed by atoms with Gasteiger partial charge < -0.3 is 4.90 Å². The highest BCUT2D eigenvalue weighted by Gasteiger charge is 2.41. The molecule has 1 aliphatic rings. The van der Waals surface area contributed by atoms with Gasteiger partial charge in [0.15, 0.2) is 0 Å². The normalized spacial score (nSPS) is 36.9. The van der Waals surface area contributed by atoms with Crippen molar-refractivity contribution in [3.05, 3.63) is 0 Å². The lowest BCUT2D eigenvalue weighted by molar-refractivity contribution is -0.144. The summed E-state index contributed by atoms with van der Waals surface area (Å²) >= 11 is 0. The van der Waals surface area contributed by atoms with Crippen molar-refractivity contribution in [3.63, 3.8) is 0 Å². The number of carbonyl (C=O) groups excluding carboxylic acids is 1. The highest BCUT2D eigenvalue weighted by Crippen LogP contribution is 2.28. The number of amides is 1. The summed E-state index contributed by atoms with van der Waals surface area (Å²) in [5.41, 5.74) is 0. The number of hydrogen-bond acceptors (Lipinski definition) is 2. The lowest BCUT2D eigenvalue weighted by Crippen LogP contribution is -2.67. The Hall–Kier alpha value is -0.570. The van der Waals surface area contributed by atoms with Crippen molar-refractivity contribution in [2.75, 3.05) is 0 Å². The molecule has 0 bridgehead atoms. The van der Waals surface area contributed by atoms with Crippen LogP contribution in [0.5, 0.6) is 0 Å². The van der Waals surface area contributed by atoms with Crippen LogP contribution in [0.25, 0.3) is 0 Å². The molecule has 0 N–H and O–H groups in total. The van der Waals surface area contributed by atoms with Gasteiger partial charge in [0.1, 0.15) is 0 Å². The molecule has 1 rings (SSSR count). The third-order valence-electron chi connectivity index (χ3n) is 4.17. The second kappa shape index (κ2) is 4.74. The Labute approximate surface area is 99.8 Å². The summed E-state index contributed by atoms with van der Waals surface area (Å²) in [6.45, 7) is 14.9. The largest absolute Gasteiger partial charge is 0.334 e. The predicted molar refractivity (Wildman–Crippen MR) is 67.3 cm³/mol. The molecular weight excluding hydrogens is 200 g/mol. The average molecular weight is 226 g/mol. The van der Waals surface area contributed by atoms with Gasteiger partial charge in [0, 0.05) is 37.1 Å². The molecule has 1 saturated heterocycles. The first-order valence-corrected chi connectivity index (χ1v) is 6.35. The fraction of sp³-hybridized carbons (Fsp3) is 0.923. The zero-order chi connectivity index (χ0) is 12.6. The summed E-state index contributed by atoms with van der Waals surface area (Å²) in [6.07, 6.45) is 0. The van der Waals surface area contributed by atoms with E-state index >= 15 is 0 Å². The van der Waals surface area contributed by atoms with Crippen LogP contribution >= 0.6 is 0 Å². The monoisotopic (exact) mass is 226 g/mol. The Kier molecular flexibility index (Phi) is 4.00. The van der Waals surface area contributed by atoms with Crippen molar-refractivity contribution in [1.29, 1.82) is 0 Å². The number of nitrogens with zero attached hydrogens (tertiary/aromatic N) is 2. The molecule has 1 fully saturated rings. The molecule has 0 radical (unpaired) electrons. The maximum Gasteiger partial charge on any atom is 0.220 e. The van der Waals surface area contributed by atoms with Crippen LogP contribution in [0.15, 0.2) is 0 Å². The molecule has 0 saturated carbocycles. The predicted octanol–water partition coefficient (Wildman–Crippen LogP) is 2.11. The molecule has 3 heteroatoms. The van der Waals surface area contributed by atoms with Gasteiger partial charge in [-0.2, -0.15) is 0 Å². The smallest absolute Gasteiger partial charge is 0.220 e. The van der Waals surface area contributed by atoms with E-state index in [1.54, 1.807) is 6.92 Å². The molecule has 0 aromatic rings. The maximum absolute atomic E-state index is 11.7. The van der Waals surface area contributed by atoms with Crippen molar-refractivity contribution >= 4 is 5.91 Å². The summed E-state index contributed by atoms with van der Waals surface area (Å²) < 4.78 is 0. The molecule has 0 aromatic carbocycles. The minimum atomic E-state index is 0.196. The van der Waals surface area contributed by atoms with E-state index in [0.717, 1.165) is 0 Å². The van der Waals surface area contributed by atoms with Crippen LogP contribution in [0.1, 0.15) is 48.5 Å². The Morgan fingerprint density at radius 1 is 0.938 bits per heavy atom. The van der Waals surface area contributed by atoms with Crippen molar-refractivity contribution in [3.8, 4) is 0 Å². The molecule has 4 unspecified atom stereocenters. The topological polar surface area (TPSA) is 23.6 Å². The maximum atomic E-state index is 11.7. The van der Waals surface area contributed by atoms with Crippen LogP contribution in [-0.2, 0) is 4.79 Å². The van der Waals surface area contributed by atoms with Gasteiger partial charge in [-0.15, -0.1) is 0 Å². The number of carbonyl (C=O) groups is 1. The fourth-order valence-electron chi connectivity index (χ4n) is 3.22. The highest BCUT2D eigenvalue weighted by atomic mass is 16.2. The van der Waals surface area contributed by atoms with Gasteiger partial charge in [-0.1, -0.05) is 0 Å². The zero-order valence-electron chi connectivity index (χ0n) is 11.7. The van der Waals surface area contributed by atoms with E-state index < -0.39 is 0 Å². The van der Waals surface area contributed by atoms with E-state index in [2.05, 4.69) is 46.4 Å². The summed E-state index contributed by atoms with van der Waals surface area (Å²) in [5, 5.41) is 0. The van der Waals surface area contributed by atoms with E-state index in [1.165, 1.54) is 0 Å². The van der Waals surface area contributed by atoms with E-state index in [-0.39, 0.29) is 5.91 Å². The highest BCUT2D eigenvalue weighted by molar-refractivity contribution is 5.74. The van der Waals surface area contributed by atoms with Crippen molar-refractivity contribution in [2.45, 2.75) is 78.7 Å². The van der Waals surface area contributed by atoms with Crippen LogP contribution in [0.4, 0.5) is 0 Å². The lowest BCUT2D eigenvalue weighted by atomic mass is 9.93. The van der Waals surface area contributed by atoms with E-state index in [0.29, 0.717) is 30.2 Å². The summed E-state index contributed by atoms with van der Waals surface area (Å²) in [5.74, 6) is 0.196. The Balaban J connectivity index is 2.99. The van der Waals surface area contributed by atoms with Gasteiger partial charge >= 0.3 is 0 Å². The second-order valence-corrected chi connectivity index (χ2v) is 5.43. The van der Waals surface area contributed by atoms with Crippen molar-refractivity contribution in [1.82, 2.24) is 9.80 Å². The Morgan fingerprint density at radius 3 is 1.56 bits per heavy atom. The van der Waals surface area contributed by atoms with Gasteiger partial charge in [-0.05, 0) is 41.5 Å².